The SMILES string of the molecule is Nc1cnc2cc(C(F)(F)F)ccc2c1Br. The standard InChI is InChI=1S/C10H6BrF3N2/c11-9-6-2-1-5(10(12,13)14)3-8(6)16-4-7(9)15/h1-4H,15H2. The highest BCUT2D eigenvalue weighted by atomic mass is 79.9. The number of fused-ring (bicyclic) bond motifs is 1. The van der Waals surface area contributed by atoms with Crippen molar-refractivity contribution in [3.8, 4) is 0 Å². The first kappa shape index (κ1) is 11.2. The summed E-state index contributed by atoms with van der Waals surface area (Å²) in [5, 5.41) is 0.563. The van der Waals surface area contributed by atoms with E-state index in [1.54, 1.807) is 0 Å². The van der Waals surface area contributed by atoms with Crippen LogP contribution in [0.2, 0.25) is 0 Å². The maximum absolute atomic E-state index is 12.4. The Labute approximate surface area is 97.4 Å². The molecule has 2 aromatic rings. The summed E-state index contributed by atoms with van der Waals surface area (Å²) < 4.78 is 37.9. The minimum atomic E-state index is -4.36. The molecule has 6 heteroatoms. The molecule has 1 aromatic heterocycles. The predicted octanol–water partition coefficient (Wildman–Crippen LogP) is 3.60. The van der Waals surface area contributed by atoms with Crippen molar-refractivity contribution in [3.05, 3.63) is 34.4 Å². The van der Waals surface area contributed by atoms with Gasteiger partial charge in [-0.2, -0.15) is 13.2 Å². The molecule has 0 aliphatic heterocycles. The smallest absolute Gasteiger partial charge is 0.397 e. The first-order chi connectivity index (χ1) is 7.39. The molecule has 0 aliphatic rings. The lowest BCUT2D eigenvalue weighted by molar-refractivity contribution is -0.137. The lowest BCUT2D eigenvalue weighted by atomic mass is 10.1. The van der Waals surface area contributed by atoms with Crippen molar-refractivity contribution < 1.29 is 13.2 Å². The minimum absolute atomic E-state index is 0.260. The Bertz CT molecular complexity index is 551. The van der Waals surface area contributed by atoms with E-state index in [4.69, 9.17) is 5.73 Å². The Balaban J connectivity index is 2.70. The van der Waals surface area contributed by atoms with Gasteiger partial charge in [0.25, 0.3) is 0 Å². The molecule has 0 unspecified atom stereocenters. The maximum Gasteiger partial charge on any atom is 0.416 e. The normalized spacial score (nSPS) is 12.0. The summed E-state index contributed by atoms with van der Waals surface area (Å²) in [6.07, 6.45) is -3.03. The Morgan fingerprint density at radius 3 is 2.56 bits per heavy atom. The summed E-state index contributed by atoms with van der Waals surface area (Å²) in [5.41, 5.74) is 5.52. The van der Waals surface area contributed by atoms with Gasteiger partial charge < -0.3 is 5.73 Å². The Morgan fingerprint density at radius 1 is 1.25 bits per heavy atom. The van der Waals surface area contributed by atoms with Gasteiger partial charge in [-0.05, 0) is 28.1 Å². The zero-order valence-corrected chi connectivity index (χ0v) is 9.43. The number of nitrogen functional groups attached to an aromatic ring is 1. The largest absolute Gasteiger partial charge is 0.416 e. The fourth-order valence-electron chi connectivity index (χ4n) is 1.35. The molecule has 0 atom stereocenters. The van der Waals surface area contributed by atoms with Gasteiger partial charge in [0, 0.05) is 5.39 Å². The zero-order chi connectivity index (χ0) is 11.9. The van der Waals surface area contributed by atoms with Gasteiger partial charge in [-0.3, -0.25) is 4.98 Å². The summed E-state index contributed by atoms with van der Waals surface area (Å²) >= 11 is 3.21. The van der Waals surface area contributed by atoms with Crippen molar-refractivity contribution in [2.75, 3.05) is 5.73 Å². The summed E-state index contributed by atoms with van der Waals surface area (Å²) in [5.74, 6) is 0. The van der Waals surface area contributed by atoms with Crippen LogP contribution in [0.4, 0.5) is 18.9 Å². The van der Waals surface area contributed by atoms with Crippen LogP contribution in [-0.2, 0) is 6.18 Å². The van der Waals surface area contributed by atoms with Crippen LogP contribution in [-0.4, -0.2) is 4.98 Å². The van der Waals surface area contributed by atoms with Gasteiger partial charge in [-0.15, -0.1) is 0 Å². The highest BCUT2D eigenvalue weighted by molar-refractivity contribution is 9.10. The number of nitrogens with zero attached hydrogens (tertiary/aromatic N) is 1. The van der Waals surface area contributed by atoms with Crippen molar-refractivity contribution in [1.82, 2.24) is 4.98 Å². The molecule has 0 amide bonds. The second kappa shape index (κ2) is 3.62. The first-order valence-corrected chi connectivity index (χ1v) is 5.10. The number of halogens is 4. The molecule has 0 bridgehead atoms. The molecule has 2 nitrogen and oxygen atoms in total. The lowest BCUT2D eigenvalue weighted by Crippen LogP contribution is -2.04. The summed E-state index contributed by atoms with van der Waals surface area (Å²) in [6, 6.07) is 3.36. The van der Waals surface area contributed by atoms with Crippen LogP contribution < -0.4 is 5.73 Å². The Hall–Kier alpha value is -1.30. The average molecular weight is 291 g/mol. The molecular weight excluding hydrogens is 285 g/mol. The van der Waals surface area contributed by atoms with E-state index in [1.807, 2.05) is 0 Å². The van der Waals surface area contributed by atoms with Crippen molar-refractivity contribution in [1.29, 1.82) is 0 Å². The fourth-order valence-corrected chi connectivity index (χ4v) is 1.79. The predicted molar refractivity (Wildman–Crippen MR) is 58.9 cm³/mol. The number of anilines is 1. The van der Waals surface area contributed by atoms with E-state index in [1.165, 1.54) is 12.3 Å². The quantitative estimate of drug-likeness (QED) is 0.805. The summed E-state index contributed by atoms with van der Waals surface area (Å²) in [7, 11) is 0. The molecule has 0 aliphatic carbocycles. The van der Waals surface area contributed by atoms with Gasteiger partial charge in [-0.1, -0.05) is 6.07 Å². The third kappa shape index (κ3) is 1.84. The van der Waals surface area contributed by atoms with Gasteiger partial charge in [0.05, 0.1) is 27.4 Å². The molecule has 0 saturated heterocycles. The molecule has 0 radical (unpaired) electrons. The number of nitrogens with two attached hydrogens (primary N) is 1. The van der Waals surface area contributed by atoms with Crippen molar-refractivity contribution in [2.45, 2.75) is 6.18 Å². The number of hydrogen-bond donors (Lipinski definition) is 1. The molecule has 0 spiro atoms. The lowest BCUT2D eigenvalue weighted by Gasteiger charge is -2.08. The van der Waals surface area contributed by atoms with Crippen LogP contribution in [0.5, 0.6) is 0 Å². The Kier molecular flexibility index (Phi) is 2.53. The van der Waals surface area contributed by atoms with Crippen molar-refractivity contribution >= 4 is 32.5 Å². The highest BCUT2D eigenvalue weighted by Gasteiger charge is 2.30. The van der Waals surface area contributed by atoms with Gasteiger partial charge in [0.2, 0.25) is 0 Å². The first-order valence-electron chi connectivity index (χ1n) is 4.30. The second-order valence-electron chi connectivity index (χ2n) is 3.26. The van der Waals surface area contributed by atoms with Crippen LogP contribution in [0, 0.1) is 0 Å². The topological polar surface area (TPSA) is 38.9 Å². The van der Waals surface area contributed by atoms with E-state index in [-0.39, 0.29) is 5.52 Å². The van der Waals surface area contributed by atoms with Gasteiger partial charge in [0.1, 0.15) is 0 Å². The van der Waals surface area contributed by atoms with Crippen LogP contribution in [0.25, 0.3) is 10.9 Å². The highest BCUT2D eigenvalue weighted by Crippen LogP contribution is 2.34. The molecular formula is C10H6BrF3N2. The molecule has 1 heterocycles. The Morgan fingerprint density at radius 2 is 1.94 bits per heavy atom. The summed E-state index contributed by atoms with van der Waals surface area (Å²) in [6.45, 7) is 0. The van der Waals surface area contributed by atoms with Gasteiger partial charge in [-0.25, -0.2) is 0 Å². The van der Waals surface area contributed by atoms with E-state index in [2.05, 4.69) is 20.9 Å². The number of alkyl halides is 3. The molecule has 0 saturated carbocycles. The van der Waals surface area contributed by atoms with Crippen molar-refractivity contribution in [3.63, 3.8) is 0 Å². The van der Waals surface area contributed by atoms with E-state index in [0.717, 1.165) is 12.1 Å². The van der Waals surface area contributed by atoms with Crippen LogP contribution in [0.3, 0.4) is 0 Å². The van der Waals surface area contributed by atoms with E-state index in [9.17, 15) is 13.2 Å². The molecule has 2 rings (SSSR count). The van der Waals surface area contributed by atoms with Gasteiger partial charge >= 0.3 is 6.18 Å². The molecule has 2 N–H and O–H groups in total. The van der Waals surface area contributed by atoms with Gasteiger partial charge in [0.15, 0.2) is 0 Å². The molecule has 1 aromatic carbocycles. The van der Waals surface area contributed by atoms with Crippen LogP contribution in [0.1, 0.15) is 5.56 Å². The second-order valence-corrected chi connectivity index (χ2v) is 4.05. The fraction of sp³-hybridized carbons (Fsp3) is 0.100. The van der Waals surface area contributed by atoms with E-state index >= 15 is 0 Å². The molecule has 0 fully saturated rings. The average Bonchev–Trinajstić information content (AvgIpc) is 2.22. The minimum Gasteiger partial charge on any atom is -0.397 e. The van der Waals surface area contributed by atoms with E-state index in [0.29, 0.717) is 15.5 Å². The maximum atomic E-state index is 12.4. The number of hydrogen-bond acceptors (Lipinski definition) is 2. The molecule has 16 heavy (non-hydrogen) atoms. The number of rotatable bonds is 0. The van der Waals surface area contributed by atoms with Crippen molar-refractivity contribution in [2.24, 2.45) is 0 Å². The van der Waals surface area contributed by atoms with Crippen LogP contribution in [0.15, 0.2) is 28.9 Å². The monoisotopic (exact) mass is 290 g/mol. The third-order valence-electron chi connectivity index (χ3n) is 2.16. The molecule has 84 valence electrons. The third-order valence-corrected chi connectivity index (χ3v) is 3.04. The zero-order valence-electron chi connectivity index (χ0n) is 7.85. The number of pyridine rings is 1. The van der Waals surface area contributed by atoms with Crippen LogP contribution >= 0.6 is 15.9 Å². The van der Waals surface area contributed by atoms with E-state index < -0.39 is 11.7 Å². The number of benzene rings is 1. The summed E-state index contributed by atoms with van der Waals surface area (Å²) in [4.78, 5) is 3.86. The number of aromatic nitrogens is 1.